The summed E-state index contributed by atoms with van der Waals surface area (Å²) < 4.78 is 0. The van der Waals surface area contributed by atoms with Crippen LogP contribution in [0.2, 0.25) is 0 Å². The molecular formula is C10H21NS2. The fraction of sp³-hybridized carbons (Fsp3) is 1.00. The fourth-order valence-corrected chi connectivity index (χ4v) is 3.49. The van der Waals surface area contributed by atoms with Crippen molar-refractivity contribution in [3.8, 4) is 0 Å². The van der Waals surface area contributed by atoms with Crippen LogP contribution in [-0.4, -0.2) is 34.7 Å². The predicted octanol–water partition coefficient (Wildman–Crippen LogP) is 3.26. The van der Waals surface area contributed by atoms with Crippen molar-refractivity contribution in [2.75, 3.05) is 29.8 Å². The molecule has 1 aliphatic rings. The summed E-state index contributed by atoms with van der Waals surface area (Å²) >= 11 is 4.23. The summed E-state index contributed by atoms with van der Waals surface area (Å²) in [6, 6.07) is 0. The van der Waals surface area contributed by atoms with E-state index in [9.17, 15) is 0 Å². The molecule has 0 N–H and O–H groups in total. The average molecular weight is 219 g/mol. The Labute approximate surface area is 91.0 Å². The Hall–Kier alpha value is 0.660. The minimum atomic E-state index is 1.26. The van der Waals surface area contributed by atoms with Gasteiger partial charge in [0.2, 0.25) is 0 Å². The topological polar surface area (TPSA) is 3.24 Å². The molecule has 78 valence electrons. The quantitative estimate of drug-likeness (QED) is 0.717. The van der Waals surface area contributed by atoms with Crippen molar-refractivity contribution < 1.29 is 0 Å². The van der Waals surface area contributed by atoms with Crippen LogP contribution in [0.1, 0.15) is 32.6 Å². The highest BCUT2D eigenvalue weighted by molar-refractivity contribution is 8.00. The third-order valence-corrected chi connectivity index (χ3v) is 4.45. The Kier molecular flexibility index (Phi) is 7.23. The highest BCUT2D eigenvalue weighted by Gasteiger charge is 2.06. The van der Waals surface area contributed by atoms with Gasteiger partial charge in [-0.05, 0) is 37.3 Å². The van der Waals surface area contributed by atoms with E-state index >= 15 is 0 Å². The molecule has 1 aliphatic heterocycles. The highest BCUT2D eigenvalue weighted by atomic mass is 32.2. The first kappa shape index (κ1) is 11.7. The van der Waals surface area contributed by atoms with E-state index in [1.54, 1.807) is 0 Å². The second-order valence-corrected chi connectivity index (χ2v) is 5.68. The summed E-state index contributed by atoms with van der Waals surface area (Å²) in [4.78, 5) is 2.60. The number of nitrogens with zero attached hydrogens (tertiary/aromatic N) is 1. The fourth-order valence-electron chi connectivity index (χ4n) is 1.34. The van der Waals surface area contributed by atoms with Crippen LogP contribution in [0.5, 0.6) is 0 Å². The van der Waals surface area contributed by atoms with Crippen molar-refractivity contribution in [1.82, 2.24) is 4.90 Å². The van der Waals surface area contributed by atoms with Crippen LogP contribution < -0.4 is 0 Å². The van der Waals surface area contributed by atoms with Crippen molar-refractivity contribution in [3.63, 3.8) is 0 Å². The van der Waals surface area contributed by atoms with Crippen LogP contribution in [0.15, 0.2) is 0 Å². The van der Waals surface area contributed by atoms with Gasteiger partial charge in [0.1, 0.15) is 0 Å². The molecule has 0 saturated carbocycles. The van der Waals surface area contributed by atoms with Gasteiger partial charge in [-0.1, -0.05) is 13.3 Å². The van der Waals surface area contributed by atoms with Crippen LogP contribution in [0, 0.1) is 0 Å². The number of hydrogen-bond donors (Lipinski definition) is 0. The number of thioether (sulfide) groups is 2. The van der Waals surface area contributed by atoms with Crippen LogP contribution >= 0.6 is 23.5 Å². The Morgan fingerprint density at radius 1 is 1.08 bits per heavy atom. The van der Waals surface area contributed by atoms with E-state index in [-0.39, 0.29) is 0 Å². The zero-order chi connectivity index (χ0) is 9.36. The third kappa shape index (κ3) is 5.87. The van der Waals surface area contributed by atoms with E-state index in [0.717, 1.165) is 0 Å². The molecule has 1 saturated heterocycles. The Morgan fingerprint density at radius 2 is 1.69 bits per heavy atom. The molecule has 0 atom stereocenters. The van der Waals surface area contributed by atoms with E-state index in [4.69, 9.17) is 0 Å². The second-order valence-electron chi connectivity index (χ2n) is 3.53. The SMILES string of the molecule is CCCCN1CSCCCCSC1. The first-order valence-corrected chi connectivity index (χ1v) is 7.62. The van der Waals surface area contributed by atoms with E-state index in [0.29, 0.717) is 0 Å². The molecule has 0 aromatic carbocycles. The monoisotopic (exact) mass is 219 g/mol. The van der Waals surface area contributed by atoms with Gasteiger partial charge in [0.05, 0.1) is 0 Å². The molecule has 0 amide bonds. The van der Waals surface area contributed by atoms with Gasteiger partial charge in [-0.25, -0.2) is 0 Å². The normalized spacial score (nSPS) is 21.9. The Bertz CT molecular complexity index is 109. The van der Waals surface area contributed by atoms with Gasteiger partial charge in [-0.2, -0.15) is 0 Å². The molecule has 0 aliphatic carbocycles. The van der Waals surface area contributed by atoms with Crippen molar-refractivity contribution in [3.05, 3.63) is 0 Å². The summed E-state index contributed by atoms with van der Waals surface area (Å²) in [5, 5.41) is 0. The summed E-state index contributed by atoms with van der Waals surface area (Å²) in [6.07, 6.45) is 5.52. The maximum Gasteiger partial charge on any atom is 0.0452 e. The lowest BCUT2D eigenvalue weighted by atomic mass is 10.3. The van der Waals surface area contributed by atoms with Gasteiger partial charge in [-0.15, -0.1) is 23.5 Å². The van der Waals surface area contributed by atoms with Crippen molar-refractivity contribution >= 4 is 23.5 Å². The largest absolute Gasteiger partial charge is 0.285 e. The highest BCUT2D eigenvalue weighted by Crippen LogP contribution is 2.16. The average Bonchev–Trinajstić information content (AvgIpc) is 2.28. The second kappa shape index (κ2) is 8.01. The summed E-state index contributed by atoms with van der Waals surface area (Å²) in [6.45, 7) is 3.58. The van der Waals surface area contributed by atoms with Gasteiger partial charge in [0.15, 0.2) is 0 Å². The maximum absolute atomic E-state index is 2.60. The minimum absolute atomic E-state index is 1.26. The van der Waals surface area contributed by atoms with Crippen LogP contribution in [-0.2, 0) is 0 Å². The molecule has 0 unspecified atom stereocenters. The molecule has 1 heterocycles. The Morgan fingerprint density at radius 3 is 2.23 bits per heavy atom. The van der Waals surface area contributed by atoms with Crippen molar-refractivity contribution in [2.24, 2.45) is 0 Å². The van der Waals surface area contributed by atoms with E-state index < -0.39 is 0 Å². The molecule has 1 fully saturated rings. The van der Waals surface area contributed by atoms with Gasteiger partial charge in [0.25, 0.3) is 0 Å². The molecule has 0 aromatic heterocycles. The van der Waals surface area contributed by atoms with Gasteiger partial charge < -0.3 is 0 Å². The third-order valence-electron chi connectivity index (χ3n) is 2.20. The van der Waals surface area contributed by atoms with Gasteiger partial charge >= 0.3 is 0 Å². The molecule has 0 bridgehead atoms. The van der Waals surface area contributed by atoms with Crippen molar-refractivity contribution in [2.45, 2.75) is 32.6 Å². The lowest BCUT2D eigenvalue weighted by Gasteiger charge is -2.19. The first-order chi connectivity index (χ1) is 6.43. The number of hydrogen-bond acceptors (Lipinski definition) is 3. The number of unbranched alkanes of at least 4 members (excludes halogenated alkanes) is 1. The van der Waals surface area contributed by atoms with Gasteiger partial charge in [0, 0.05) is 11.8 Å². The van der Waals surface area contributed by atoms with Crippen LogP contribution in [0.25, 0.3) is 0 Å². The maximum atomic E-state index is 2.60. The Balaban J connectivity index is 2.16. The van der Waals surface area contributed by atoms with E-state index in [1.165, 1.54) is 55.5 Å². The van der Waals surface area contributed by atoms with Crippen molar-refractivity contribution in [1.29, 1.82) is 0 Å². The molecule has 13 heavy (non-hydrogen) atoms. The predicted molar refractivity (Wildman–Crippen MR) is 65.5 cm³/mol. The standard InChI is InChI=1S/C10H21NS2/c1-2-3-6-11-9-12-7-4-5-8-13-10-11/h2-10H2,1H3. The van der Waals surface area contributed by atoms with E-state index in [1.807, 2.05) is 0 Å². The minimum Gasteiger partial charge on any atom is -0.285 e. The summed E-state index contributed by atoms with van der Waals surface area (Å²) in [5.74, 6) is 5.24. The van der Waals surface area contributed by atoms with Crippen LogP contribution in [0.3, 0.4) is 0 Å². The molecule has 1 nitrogen and oxygen atoms in total. The smallest absolute Gasteiger partial charge is 0.0452 e. The van der Waals surface area contributed by atoms with Gasteiger partial charge in [-0.3, -0.25) is 4.90 Å². The lowest BCUT2D eigenvalue weighted by Crippen LogP contribution is -2.24. The molecular weight excluding hydrogens is 198 g/mol. The summed E-state index contributed by atoms with van der Waals surface area (Å²) in [5.41, 5.74) is 0. The molecule has 0 radical (unpaired) electrons. The summed E-state index contributed by atoms with van der Waals surface area (Å²) in [7, 11) is 0. The molecule has 0 spiro atoms. The number of rotatable bonds is 3. The zero-order valence-corrected chi connectivity index (χ0v) is 10.3. The lowest BCUT2D eigenvalue weighted by molar-refractivity contribution is 0.369. The van der Waals surface area contributed by atoms with Crippen LogP contribution in [0.4, 0.5) is 0 Å². The molecule has 0 aromatic rings. The first-order valence-electron chi connectivity index (χ1n) is 5.31. The van der Waals surface area contributed by atoms with E-state index in [2.05, 4.69) is 35.3 Å². The molecule has 1 rings (SSSR count). The molecule has 3 heteroatoms. The zero-order valence-electron chi connectivity index (χ0n) is 8.63.